The van der Waals surface area contributed by atoms with Crippen LogP contribution in [0.5, 0.6) is 0 Å². The van der Waals surface area contributed by atoms with Gasteiger partial charge in [-0.25, -0.2) is 0 Å². The third-order valence-corrected chi connectivity index (χ3v) is 26.6. The molecule has 2 fully saturated rings. The van der Waals surface area contributed by atoms with Crippen molar-refractivity contribution in [3.05, 3.63) is 91.0 Å². The van der Waals surface area contributed by atoms with E-state index >= 15 is 0 Å². The van der Waals surface area contributed by atoms with E-state index in [4.69, 9.17) is 27.9 Å². The Hall–Kier alpha value is -2.91. The lowest BCUT2D eigenvalue weighted by Gasteiger charge is -2.46. The van der Waals surface area contributed by atoms with Gasteiger partial charge in [0.1, 0.15) is 12.2 Å². The molecule has 0 unspecified atom stereocenters. The van der Waals surface area contributed by atoms with Crippen molar-refractivity contribution in [2.24, 2.45) is 23.7 Å². The summed E-state index contributed by atoms with van der Waals surface area (Å²) in [5.41, 5.74) is 0. The Morgan fingerprint density at radius 2 is 0.881 bits per heavy atom. The number of hydrogen-bond donors (Lipinski definition) is 1. The summed E-state index contributed by atoms with van der Waals surface area (Å²) in [5, 5.41) is 12.9. The minimum atomic E-state index is -2.81. The Balaban J connectivity index is 0.000000324. The van der Waals surface area contributed by atoms with Crippen LogP contribution in [-0.2, 0) is 32.3 Å². The molecule has 3 aromatic carbocycles. The average molecular weight is 863 g/mol. The monoisotopic (exact) mass is 862 g/mol. The van der Waals surface area contributed by atoms with Gasteiger partial charge in [0.2, 0.25) is 0 Å². The first-order valence-corrected chi connectivity index (χ1v) is 29.4. The average Bonchev–Trinajstić information content (AvgIpc) is 3.18. The van der Waals surface area contributed by atoms with E-state index in [1.165, 1.54) is 15.6 Å². The van der Waals surface area contributed by atoms with E-state index in [1.54, 1.807) is 0 Å². The summed E-state index contributed by atoms with van der Waals surface area (Å²) in [5.74, 6) is -0.697. The molecule has 0 bridgehead atoms. The van der Waals surface area contributed by atoms with Crippen molar-refractivity contribution in [3.63, 3.8) is 0 Å². The van der Waals surface area contributed by atoms with Gasteiger partial charge in [0, 0.05) is 37.9 Å². The molecule has 1 N–H and O–H groups in total. The van der Waals surface area contributed by atoms with Gasteiger partial charge >= 0.3 is 11.9 Å². The number of carbonyl (C=O) groups is 2. The van der Waals surface area contributed by atoms with E-state index < -0.39 is 25.0 Å². The molecule has 0 radical (unpaired) electrons. The van der Waals surface area contributed by atoms with Crippen LogP contribution < -0.4 is 15.6 Å². The minimum Gasteiger partial charge on any atom is -0.462 e. The molecule has 2 heterocycles. The second kappa shape index (κ2) is 19.9. The lowest BCUT2D eigenvalue weighted by atomic mass is 9.85. The Morgan fingerprint density at radius 1 is 0.559 bits per heavy atom. The molecule has 3 aromatic rings. The normalized spacial score (nSPS) is 25.7. The molecule has 8 nitrogen and oxygen atoms in total. The zero-order valence-corrected chi connectivity index (χ0v) is 41.4. The molecule has 326 valence electrons. The number of ether oxygens (including phenoxy) is 2. The fourth-order valence-corrected chi connectivity index (χ4v) is 14.5. The van der Waals surface area contributed by atoms with Crippen molar-refractivity contribution >= 4 is 52.5 Å². The Labute approximate surface area is 359 Å². The Bertz CT molecular complexity index is 1680. The van der Waals surface area contributed by atoms with Gasteiger partial charge in [-0.2, -0.15) is 0 Å². The fraction of sp³-hybridized carbons (Fsp3) is 0.583. The second-order valence-electron chi connectivity index (χ2n) is 19.9. The molecule has 0 amide bonds. The molecule has 2 saturated heterocycles. The summed E-state index contributed by atoms with van der Waals surface area (Å²) in [6.07, 6.45) is 0.344. The minimum absolute atomic E-state index is 0.0312. The summed E-state index contributed by atoms with van der Waals surface area (Å²) in [4.78, 5) is 25.0. The van der Waals surface area contributed by atoms with E-state index in [2.05, 4.69) is 154 Å². The van der Waals surface area contributed by atoms with Crippen LogP contribution in [0.15, 0.2) is 91.0 Å². The van der Waals surface area contributed by atoms with Gasteiger partial charge in [0.25, 0.3) is 8.32 Å². The predicted octanol–water partition coefficient (Wildman–Crippen LogP) is 8.61. The molecule has 2 aliphatic rings. The number of hydrogen-bond acceptors (Lipinski definition) is 8. The highest BCUT2D eigenvalue weighted by Gasteiger charge is 2.50. The van der Waals surface area contributed by atoms with Crippen LogP contribution in [0.1, 0.15) is 82.1 Å². The first kappa shape index (κ1) is 48.8. The van der Waals surface area contributed by atoms with E-state index in [-0.39, 0.29) is 76.7 Å². The Kier molecular flexibility index (Phi) is 16.4. The number of aliphatic hydroxyl groups excluding tert-OH is 1. The molecule has 0 spiro atoms. The van der Waals surface area contributed by atoms with Crippen LogP contribution in [0.2, 0.25) is 36.3 Å². The van der Waals surface area contributed by atoms with Crippen LogP contribution >= 0.6 is 0 Å². The summed E-state index contributed by atoms with van der Waals surface area (Å²) in [6.45, 7) is 30.8. The third-order valence-electron chi connectivity index (χ3n) is 13.6. The van der Waals surface area contributed by atoms with Crippen molar-refractivity contribution in [3.8, 4) is 0 Å². The smallest absolute Gasteiger partial charge is 0.311 e. The lowest BCUT2D eigenvalue weighted by molar-refractivity contribution is -0.178. The van der Waals surface area contributed by atoms with Crippen LogP contribution in [-0.4, -0.2) is 79.6 Å². The first-order valence-electron chi connectivity index (χ1n) is 21.7. The predicted molar refractivity (Wildman–Crippen MR) is 247 cm³/mol. The van der Waals surface area contributed by atoms with Gasteiger partial charge in [-0.15, -0.1) is 0 Å². The lowest BCUT2D eigenvalue weighted by Crippen LogP contribution is -2.69. The molecular formula is C48H74O8Si3. The van der Waals surface area contributed by atoms with Crippen molar-refractivity contribution in [2.75, 3.05) is 13.2 Å². The molecule has 2 aliphatic heterocycles. The maximum absolute atomic E-state index is 13.0. The van der Waals surface area contributed by atoms with Crippen molar-refractivity contribution in [1.29, 1.82) is 0 Å². The largest absolute Gasteiger partial charge is 0.462 e. The van der Waals surface area contributed by atoms with E-state index in [1.807, 2.05) is 32.0 Å². The zero-order chi connectivity index (χ0) is 44.0. The molecule has 0 aromatic heterocycles. The third kappa shape index (κ3) is 11.3. The quantitative estimate of drug-likeness (QED) is 0.104. The molecule has 0 saturated carbocycles. The summed E-state index contributed by atoms with van der Waals surface area (Å²) < 4.78 is 31.8. The number of esters is 2. The SMILES string of the molecule is C[C@H]1[C@H](O[Si](C)(C)C(C)(C)C)[C@H](C)C(=O)O[C@@H]1CCO.C[C@H]1[C@H](O[Si](C)(C)C(C)(C)C)[C@H](C)C(=O)O[C@@H]1CCO[Si](c1ccccc1)(c1ccccc1)c1ccccc1. The van der Waals surface area contributed by atoms with Crippen LogP contribution in [0.25, 0.3) is 0 Å². The van der Waals surface area contributed by atoms with Gasteiger partial charge in [-0.05, 0) is 65.7 Å². The molecular weight excluding hydrogens is 789 g/mol. The maximum Gasteiger partial charge on any atom is 0.311 e. The molecule has 11 heteroatoms. The summed E-state index contributed by atoms with van der Waals surface area (Å²) >= 11 is 0. The second-order valence-corrected chi connectivity index (χ2v) is 32.8. The van der Waals surface area contributed by atoms with Crippen LogP contribution in [0.3, 0.4) is 0 Å². The van der Waals surface area contributed by atoms with Gasteiger partial charge in [-0.1, -0.05) is 146 Å². The van der Waals surface area contributed by atoms with Gasteiger partial charge in [0.05, 0.1) is 24.0 Å². The van der Waals surface area contributed by atoms with Gasteiger partial charge in [-0.3, -0.25) is 9.59 Å². The first-order chi connectivity index (χ1) is 27.5. The number of cyclic esters (lactones) is 2. The number of aliphatic hydroxyl groups is 1. The van der Waals surface area contributed by atoms with E-state index in [0.29, 0.717) is 19.4 Å². The van der Waals surface area contributed by atoms with Crippen molar-refractivity contribution in [1.82, 2.24) is 0 Å². The summed E-state index contributed by atoms with van der Waals surface area (Å²) in [7, 11) is -6.79. The number of benzene rings is 3. The van der Waals surface area contributed by atoms with Gasteiger partial charge < -0.3 is 27.9 Å². The molecule has 8 atom stereocenters. The van der Waals surface area contributed by atoms with Gasteiger partial charge in [0.15, 0.2) is 16.6 Å². The van der Waals surface area contributed by atoms with Crippen LogP contribution in [0.4, 0.5) is 0 Å². The summed E-state index contributed by atoms with van der Waals surface area (Å²) in [6, 6.07) is 31.7. The van der Waals surface area contributed by atoms with E-state index in [0.717, 1.165) is 0 Å². The highest BCUT2D eigenvalue weighted by molar-refractivity contribution is 7.07. The topological polar surface area (TPSA) is 101 Å². The molecule has 59 heavy (non-hydrogen) atoms. The number of rotatable bonds is 13. The Morgan fingerprint density at radius 3 is 1.19 bits per heavy atom. The van der Waals surface area contributed by atoms with Crippen molar-refractivity contribution in [2.45, 2.75) is 143 Å². The zero-order valence-electron chi connectivity index (χ0n) is 38.4. The molecule has 5 rings (SSSR count). The standard InChI is InChI=1S/C33H44O4Si2.C15H30O4Si/c1-25-30(36-32(34)26(2)31(25)37-38(6,7)33(3,4)5)23-24-35-39(27-17-11-8-12-18-27,28-19-13-9-14-20-28)29-21-15-10-16-22-29;1-10-12(8-9-16)18-14(17)11(2)13(10)19-20(6,7)15(3,4)5/h8-22,25-26,30-31H,23-24H2,1-7H3;10-13,16H,8-9H2,1-7H3/t25-,26+,30-,31+;10-,11+,12-,13+/m11/s1. The van der Waals surface area contributed by atoms with Crippen molar-refractivity contribution < 1.29 is 37.4 Å². The number of carbonyl (C=O) groups excluding carboxylic acids is 2. The molecule has 0 aliphatic carbocycles. The van der Waals surface area contributed by atoms with Crippen LogP contribution in [0, 0.1) is 23.7 Å². The maximum atomic E-state index is 13.0. The highest BCUT2D eigenvalue weighted by Crippen LogP contribution is 2.43. The fourth-order valence-electron chi connectivity index (χ4n) is 7.65. The van der Waals surface area contributed by atoms with E-state index in [9.17, 15) is 9.59 Å². The highest BCUT2D eigenvalue weighted by atomic mass is 28.4.